The molecular formula is C24H36ClN7O. The summed E-state index contributed by atoms with van der Waals surface area (Å²) < 4.78 is 5.36. The Morgan fingerprint density at radius 3 is 2.39 bits per heavy atom. The maximum atomic E-state index is 6.50. The van der Waals surface area contributed by atoms with Crippen molar-refractivity contribution in [1.82, 2.24) is 15.0 Å². The number of nitrogens with zero attached hydrogens (tertiary/aromatic N) is 4. The summed E-state index contributed by atoms with van der Waals surface area (Å²) in [7, 11) is 1.62. The van der Waals surface area contributed by atoms with Crippen LogP contribution in [0.25, 0.3) is 0 Å². The second kappa shape index (κ2) is 11.2. The molecule has 2 fully saturated rings. The van der Waals surface area contributed by atoms with Crippen LogP contribution in [0.4, 0.5) is 23.5 Å². The van der Waals surface area contributed by atoms with E-state index < -0.39 is 0 Å². The van der Waals surface area contributed by atoms with Crippen LogP contribution in [0.1, 0.15) is 64.2 Å². The van der Waals surface area contributed by atoms with Gasteiger partial charge >= 0.3 is 0 Å². The fourth-order valence-corrected chi connectivity index (χ4v) is 5.34. The Morgan fingerprint density at radius 2 is 1.76 bits per heavy atom. The number of rotatable bonds is 7. The molecule has 8 nitrogen and oxygen atoms in total. The lowest BCUT2D eigenvalue weighted by molar-refractivity contribution is 0.344. The monoisotopic (exact) mass is 473 g/mol. The normalized spacial score (nSPS) is 21.9. The molecule has 0 unspecified atom stereocenters. The van der Waals surface area contributed by atoms with Gasteiger partial charge in [0.2, 0.25) is 17.8 Å². The number of nitrogens with two attached hydrogens (primary N) is 2. The number of anilines is 4. The summed E-state index contributed by atoms with van der Waals surface area (Å²) in [5.74, 6) is 2.58. The quantitative estimate of drug-likeness (QED) is 0.486. The molecule has 180 valence electrons. The van der Waals surface area contributed by atoms with Gasteiger partial charge in [-0.2, -0.15) is 15.0 Å². The van der Waals surface area contributed by atoms with Gasteiger partial charge in [-0.15, -0.1) is 0 Å². The molecule has 9 heteroatoms. The van der Waals surface area contributed by atoms with Gasteiger partial charge in [-0.1, -0.05) is 37.3 Å². The Kier molecular flexibility index (Phi) is 8.09. The van der Waals surface area contributed by atoms with Crippen molar-refractivity contribution in [1.29, 1.82) is 0 Å². The van der Waals surface area contributed by atoms with Crippen LogP contribution in [0.15, 0.2) is 18.2 Å². The lowest BCUT2D eigenvalue weighted by atomic mass is 9.86. The van der Waals surface area contributed by atoms with Crippen molar-refractivity contribution < 1.29 is 4.74 Å². The predicted octanol–water partition coefficient (Wildman–Crippen LogP) is 4.91. The van der Waals surface area contributed by atoms with Crippen molar-refractivity contribution in [2.75, 3.05) is 29.6 Å². The molecule has 33 heavy (non-hydrogen) atoms. The van der Waals surface area contributed by atoms with E-state index in [1.807, 2.05) is 18.2 Å². The van der Waals surface area contributed by atoms with Gasteiger partial charge < -0.3 is 26.4 Å². The Labute approximate surface area is 201 Å². The van der Waals surface area contributed by atoms with Crippen LogP contribution < -0.4 is 26.4 Å². The summed E-state index contributed by atoms with van der Waals surface area (Å²) in [5, 5.41) is 4.06. The lowest BCUT2D eigenvalue weighted by Gasteiger charge is -2.32. The molecule has 2 saturated carbocycles. The summed E-state index contributed by atoms with van der Waals surface area (Å²) in [6, 6.07) is 6.42. The molecular weight excluding hydrogens is 438 g/mol. The third-order valence-electron chi connectivity index (χ3n) is 6.97. The SMILES string of the molecule is COc1ccc(N(c2nc(N)nc(NC3CCC(CN)CC3)n2)C2CCCCCC2)cc1Cl. The highest BCUT2D eigenvalue weighted by Crippen LogP contribution is 2.36. The highest BCUT2D eigenvalue weighted by atomic mass is 35.5. The van der Waals surface area contributed by atoms with Gasteiger partial charge in [-0.05, 0) is 69.2 Å². The van der Waals surface area contributed by atoms with Crippen molar-refractivity contribution in [3.05, 3.63) is 23.2 Å². The molecule has 2 aliphatic rings. The highest BCUT2D eigenvalue weighted by Gasteiger charge is 2.27. The molecule has 4 rings (SSSR count). The molecule has 0 saturated heterocycles. The summed E-state index contributed by atoms with van der Waals surface area (Å²) in [6.45, 7) is 0.760. The van der Waals surface area contributed by atoms with Gasteiger partial charge in [0, 0.05) is 17.8 Å². The van der Waals surface area contributed by atoms with Crippen LogP contribution >= 0.6 is 11.6 Å². The number of nitrogens with one attached hydrogen (secondary N) is 1. The number of benzene rings is 1. The molecule has 0 radical (unpaired) electrons. The third-order valence-corrected chi connectivity index (χ3v) is 7.27. The molecule has 0 spiro atoms. The minimum absolute atomic E-state index is 0.219. The Balaban J connectivity index is 1.64. The zero-order valence-electron chi connectivity index (χ0n) is 19.5. The number of halogens is 1. The van der Waals surface area contributed by atoms with E-state index >= 15 is 0 Å². The molecule has 1 heterocycles. The molecule has 0 aliphatic heterocycles. The van der Waals surface area contributed by atoms with E-state index in [2.05, 4.69) is 20.2 Å². The highest BCUT2D eigenvalue weighted by molar-refractivity contribution is 6.32. The van der Waals surface area contributed by atoms with Crippen LogP contribution in [0.5, 0.6) is 5.75 Å². The van der Waals surface area contributed by atoms with Gasteiger partial charge in [0.1, 0.15) is 5.75 Å². The summed E-state index contributed by atoms with van der Waals surface area (Å²) in [6.07, 6.45) is 11.4. The van der Waals surface area contributed by atoms with Gasteiger partial charge in [0.05, 0.1) is 12.1 Å². The van der Waals surface area contributed by atoms with Gasteiger partial charge in [-0.25, -0.2) is 0 Å². The summed E-state index contributed by atoms with van der Waals surface area (Å²) >= 11 is 6.50. The van der Waals surface area contributed by atoms with E-state index in [0.717, 1.165) is 50.8 Å². The number of aromatic nitrogens is 3. The lowest BCUT2D eigenvalue weighted by Crippen LogP contribution is -2.33. The first-order valence-corrected chi connectivity index (χ1v) is 12.6. The van der Waals surface area contributed by atoms with Gasteiger partial charge in [0.25, 0.3) is 0 Å². The standard InChI is InChI=1S/C24H36ClN7O/c1-33-21-13-12-19(14-20(21)25)32(18-6-4-2-3-5-7-18)24-30-22(27)29-23(31-24)28-17-10-8-16(15-26)9-11-17/h12-14,16-18H,2-11,15,26H2,1H3,(H3,27,28,29,30,31). The Hall–Kier alpha value is -2.32. The second-order valence-corrected chi connectivity index (χ2v) is 9.66. The van der Waals surface area contributed by atoms with Gasteiger partial charge in [0.15, 0.2) is 0 Å². The third kappa shape index (κ3) is 5.98. The molecule has 2 aromatic rings. The minimum Gasteiger partial charge on any atom is -0.495 e. The van der Waals surface area contributed by atoms with Crippen molar-refractivity contribution in [3.8, 4) is 5.75 Å². The van der Waals surface area contributed by atoms with Crippen LogP contribution in [-0.2, 0) is 0 Å². The number of hydrogen-bond acceptors (Lipinski definition) is 8. The Morgan fingerprint density at radius 1 is 1.03 bits per heavy atom. The fraction of sp³-hybridized carbons (Fsp3) is 0.625. The maximum Gasteiger partial charge on any atom is 0.236 e. The molecule has 0 amide bonds. The van der Waals surface area contributed by atoms with Crippen molar-refractivity contribution >= 4 is 35.1 Å². The van der Waals surface area contributed by atoms with Crippen molar-refractivity contribution in [2.45, 2.75) is 76.3 Å². The fourth-order valence-electron chi connectivity index (χ4n) is 5.09. The average molecular weight is 474 g/mol. The average Bonchev–Trinajstić information content (AvgIpc) is 3.09. The maximum absolute atomic E-state index is 6.50. The first-order chi connectivity index (χ1) is 16.1. The predicted molar refractivity (Wildman–Crippen MR) is 134 cm³/mol. The van der Waals surface area contributed by atoms with E-state index in [9.17, 15) is 0 Å². The van der Waals surface area contributed by atoms with Gasteiger partial charge in [-0.3, -0.25) is 0 Å². The minimum atomic E-state index is 0.219. The molecule has 0 bridgehead atoms. The number of methoxy groups -OCH3 is 1. The van der Waals surface area contributed by atoms with E-state index in [0.29, 0.717) is 34.6 Å². The molecule has 0 atom stereocenters. The topological polar surface area (TPSA) is 115 Å². The van der Waals surface area contributed by atoms with E-state index in [4.69, 9.17) is 32.8 Å². The summed E-state index contributed by atoms with van der Waals surface area (Å²) in [4.78, 5) is 16.0. The first-order valence-electron chi connectivity index (χ1n) is 12.2. The van der Waals surface area contributed by atoms with Crippen LogP contribution in [0, 0.1) is 5.92 Å². The summed E-state index contributed by atoms with van der Waals surface area (Å²) in [5.41, 5.74) is 13.0. The molecule has 1 aromatic heterocycles. The number of ether oxygens (including phenoxy) is 1. The van der Waals surface area contributed by atoms with E-state index in [1.54, 1.807) is 7.11 Å². The van der Waals surface area contributed by atoms with E-state index in [-0.39, 0.29) is 12.0 Å². The van der Waals surface area contributed by atoms with Crippen LogP contribution in [0.3, 0.4) is 0 Å². The smallest absolute Gasteiger partial charge is 0.236 e. The zero-order valence-corrected chi connectivity index (χ0v) is 20.2. The molecule has 5 N–H and O–H groups in total. The number of nitrogen functional groups attached to an aromatic ring is 1. The van der Waals surface area contributed by atoms with Crippen molar-refractivity contribution in [3.63, 3.8) is 0 Å². The molecule has 1 aromatic carbocycles. The van der Waals surface area contributed by atoms with Crippen LogP contribution in [0.2, 0.25) is 5.02 Å². The zero-order chi connectivity index (χ0) is 23.2. The molecule has 2 aliphatic carbocycles. The Bertz CT molecular complexity index is 912. The largest absolute Gasteiger partial charge is 0.495 e. The van der Waals surface area contributed by atoms with Crippen LogP contribution in [-0.4, -0.2) is 40.7 Å². The number of hydrogen-bond donors (Lipinski definition) is 3. The van der Waals surface area contributed by atoms with E-state index in [1.165, 1.54) is 25.7 Å². The first kappa shape index (κ1) is 23.8. The second-order valence-electron chi connectivity index (χ2n) is 9.25. The van der Waals surface area contributed by atoms with Crippen molar-refractivity contribution in [2.24, 2.45) is 11.7 Å².